The number of hydrogen-bond donors (Lipinski definition) is 1. The maximum absolute atomic E-state index is 12.9. The van der Waals surface area contributed by atoms with Gasteiger partial charge in [0.15, 0.2) is 16.7 Å². The summed E-state index contributed by atoms with van der Waals surface area (Å²) in [6.45, 7) is 0. The number of rotatable bonds is 4. The molecule has 0 aliphatic heterocycles. The molecule has 2 aromatic carbocycles. The standard InChI is InChI=1S/C19H14N4O3S/c1-23-10-20-22-19(23)27-9-15(24)21-14-8-4-7-13-16(14)18(26)12-6-3-2-5-11(12)17(13)25/h2-8,10H,9H2,1H3,(H,21,24). The van der Waals surface area contributed by atoms with Crippen molar-refractivity contribution in [2.45, 2.75) is 5.16 Å². The van der Waals surface area contributed by atoms with Gasteiger partial charge in [-0.3, -0.25) is 14.4 Å². The summed E-state index contributed by atoms with van der Waals surface area (Å²) < 4.78 is 1.71. The Morgan fingerprint density at radius 1 is 1.04 bits per heavy atom. The first-order valence-corrected chi connectivity index (χ1v) is 9.13. The molecule has 0 atom stereocenters. The second kappa shape index (κ2) is 6.81. The number of hydrogen-bond acceptors (Lipinski definition) is 6. The zero-order chi connectivity index (χ0) is 19.0. The summed E-state index contributed by atoms with van der Waals surface area (Å²) in [7, 11) is 1.79. The fourth-order valence-corrected chi connectivity index (χ4v) is 3.66. The molecule has 0 radical (unpaired) electrons. The molecule has 3 aromatic rings. The highest BCUT2D eigenvalue weighted by Gasteiger charge is 2.31. The molecule has 1 aliphatic carbocycles. The second-order valence-corrected chi connectivity index (χ2v) is 6.94. The minimum Gasteiger partial charge on any atom is -0.325 e. The van der Waals surface area contributed by atoms with Gasteiger partial charge in [0.25, 0.3) is 0 Å². The molecule has 1 aliphatic rings. The number of amides is 1. The number of nitrogens with zero attached hydrogens (tertiary/aromatic N) is 3. The highest BCUT2D eigenvalue weighted by molar-refractivity contribution is 7.99. The van der Waals surface area contributed by atoms with E-state index in [2.05, 4.69) is 15.5 Å². The molecule has 0 saturated heterocycles. The van der Waals surface area contributed by atoms with Crippen LogP contribution >= 0.6 is 11.8 Å². The maximum Gasteiger partial charge on any atom is 0.234 e. The number of thioether (sulfide) groups is 1. The monoisotopic (exact) mass is 378 g/mol. The molecule has 134 valence electrons. The Morgan fingerprint density at radius 3 is 2.44 bits per heavy atom. The normalized spacial score (nSPS) is 12.5. The summed E-state index contributed by atoms with van der Waals surface area (Å²) in [5.41, 5.74) is 1.61. The Balaban J connectivity index is 1.60. The fourth-order valence-electron chi connectivity index (χ4n) is 2.97. The third-order valence-electron chi connectivity index (χ3n) is 4.23. The number of nitrogens with one attached hydrogen (secondary N) is 1. The van der Waals surface area contributed by atoms with Gasteiger partial charge in [0.1, 0.15) is 6.33 Å². The average Bonchev–Trinajstić information content (AvgIpc) is 3.09. The first-order chi connectivity index (χ1) is 13.1. The van der Waals surface area contributed by atoms with Crippen LogP contribution in [-0.2, 0) is 11.8 Å². The summed E-state index contributed by atoms with van der Waals surface area (Å²) in [5.74, 6) is -0.674. The molecule has 1 aromatic heterocycles. The smallest absolute Gasteiger partial charge is 0.234 e. The third-order valence-corrected chi connectivity index (χ3v) is 5.26. The van der Waals surface area contributed by atoms with Gasteiger partial charge < -0.3 is 9.88 Å². The van der Waals surface area contributed by atoms with Gasteiger partial charge >= 0.3 is 0 Å². The molecule has 0 unspecified atom stereocenters. The first kappa shape index (κ1) is 17.2. The summed E-state index contributed by atoms with van der Waals surface area (Å²) in [6.07, 6.45) is 1.55. The molecule has 8 heteroatoms. The largest absolute Gasteiger partial charge is 0.325 e. The predicted molar refractivity (Wildman–Crippen MR) is 100 cm³/mol. The Labute approximate surface area is 158 Å². The first-order valence-electron chi connectivity index (χ1n) is 8.14. The van der Waals surface area contributed by atoms with E-state index in [-0.39, 0.29) is 28.8 Å². The van der Waals surface area contributed by atoms with Crippen LogP contribution in [0.2, 0.25) is 0 Å². The number of fused-ring (bicyclic) bond motifs is 2. The zero-order valence-electron chi connectivity index (χ0n) is 14.3. The van der Waals surface area contributed by atoms with E-state index in [1.165, 1.54) is 11.8 Å². The van der Waals surface area contributed by atoms with Gasteiger partial charge in [-0.2, -0.15) is 0 Å². The van der Waals surface area contributed by atoms with E-state index < -0.39 is 0 Å². The Hall–Kier alpha value is -3.26. The minimum absolute atomic E-state index is 0.106. The summed E-state index contributed by atoms with van der Waals surface area (Å²) in [5, 5.41) is 11.0. The molecule has 7 nitrogen and oxygen atoms in total. The van der Waals surface area contributed by atoms with E-state index >= 15 is 0 Å². The van der Waals surface area contributed by atoms with E-state index in [9.17, 15) is 14.4 Å². The van der Waals surface area contributed by atoms with E-state index in [0.717, 1.165) is 0 Å². The molecule has 0 bridgehead atoms. The third kappa shape index (κ3) is 3.04. The molecule has 1 heterocycles. The van der Waals surface area contributed by atoms with Crippen LogP contribution in [0.5, 0.6) is 0 Å². The van der Waals surface area contributed by atoms with Gasteiger partial charge in [0.2, 0.25) is 5.91 Å². The van der Waals surface area contributed by atoms with Crippen LogP contribution in [-0.4, -0.2) is 38.0 Å². The van der Waals surface area contributed by atoms with Crippen molar-refractivity contribution in [3.05, 3.63) is 71.0 Å². The highest BCUT2D eigenvalue weighted by atomic mass is 32.2. The van der Waals surface area contributed by atoms with Crippen LogP contribution < -0.4 is 5.32 Å². The Morgan fingerprint density at radius 2 is 1.74 bits per heavy atom. The van der Waals surface area contributed by atoms with Crippen LogP contribution in [0.1, 0.15) is 31.8 Å². The Bertz CT molecular complexity index is 1090. The number of carbonyl (C=O) groups excluding carboxylic acids is 3. The molecular formula is C19H14N4O3S. The average molecular weight is 378 g/mol. The number of ketones is 2. The van der Waals surface area contributed by atoms with Crippen molar-refractivity contribution in [1.29, 1.82) is 0 Å². The SMILES string of the molecule is Cn1cnnc1SCC(=O)Nc1cccc2c1C(=O)c1ccccc1C2=O. The van der Waals surface area contributed by atoms with Crippen molar-refractivity contribution in [2.24, 2.45) is 7.05 Å². The van der Waals surface area contributed by atoms with Crippen LogP contribution in [0.3, 0.4) is 0 Å². The summed E-state index contributed by atoms with van der Waals surface area (Å²) in [6, 6.07) is 11.6. The van der Waals surface area contributed by atoms with Crippen LogP contribution in [0, 0.1) is 0 Å². The van der Waals surface area contributed by atoms with Gasteiger partial charge in [0, 0.05) is 23.7 Å². The van der Waals surface area contributed by atoms with Crippen molar-refractivity contribution in [3.63, 3.8) is 0 Å². The van der Waals surface area contributed by atoms with E-state index in [4.69, 9.17) is 0 Å². The fraction of sp³-hybridized carbons (Fsp3) is 0.105. The van der Waals surface area contributed by atoms with Gasteiger partial charge in [-0.25, -0.2) is 0 Å². The van der Waals surface area contributed by atoms with Crippen molar-refractivity contribution < 1.29 is 14.4 Å². The maximum atomic E-state index is 12.9. The van der Waals surface area contributed by atoms with Crippen LogP contribution in [0.15, 0.2) is 53.9 Å². The van der Waals surface area contributed by atoms with E-state index in [1.54, 1.807) is 60.4 Å². The minimum atomic E-state index is -0.296. The van der Waals surface area contributed by atoms with Gasteiger partial charge in [0.05, 0.1) is 17.0 Å². The van der Waals surface area contributed by atoms with Gasteiger partial charge in [-0.05, 0) is 6.07 Å². The number of carbonyl (C=O) groups is 3. The van der Waals surface area contributed by atoms with E-state index in [0.29, 0.717) is 27.5 Å². The van der Waals surface area contributed by atoms with Crippen molar-refractivity contribution >= 4 is 34.9 Å². The lowest BCUT2D eigenvalue weighted by molar-refractivity contribution is -0.113. The van der Waals surface area contributed by atoms with Crippen LogP contribution in [0.25, 0.3) is 0 Å². The second-order valence-electron chi connectivity index (χ2n) is 5.99. The van der Waals surface area contributed by atoms with Crippen molar-refractivity contribution in [3.8, 4) is 0 Å². The zero-order valence-corrected chi connectivity index (χ0v) is 15.1. The van der Waals surface area contributed by atoms with Crippen LogP contribution in [0.4, 0.5) is 5.69 Å². The topological polar surface area (TPSA) is 93.9 Å². The van der Waals surface area contributed by atoms with Crippen molar-refractivity contribution in [1.82, 2.24) is 14.8 Å². The lowest BCUT2D eigenvalue weighted by atomic mass is 9.83. The molecule has 0 saturated carbocycles. The molecule has 1 amide bonds. The number of benzene rings is 2. The number of aryl methyl sites for hydroxylation is 1. The Kier molecular flexibility index (Phi) is 4.33. The van der Waals surface area contributed by atoms with Gasteiger partial charge in [-0.1, -0.05) is 48.2 Å². The molecule has 0 spiro atoms. The molecule has 1 N–H and O–H groups in total. The molecule has 27 heavy (non-hydrogen) atoms. The number of aromatic nitrogens is 3. The molecular weight excluding hydrogens is 364 g/mol. The highest BCUT2D eigenvalue weighted by Crippen LogP contribution is 2.32. The predicted octanol–water partition coefficient (Wildman–Crippen LogP) is 2.32. The lowest BCUT2D eigenvalue weighted by Crippen LogP contribution is -2.24. The van der Waals surface area contributed by atoms with Crippen molar-refractivity contribution in [2.75, 3.05) is 11.1 Å². The number of anilines is 1. The molecule has 0 fully saturated rings. The summed E-state index contributed by atoms with van der Waals surface area (Å²) >= 11 is 1.23. The van der Waals surface area contributed by atoms with Gasteiger partial charge in [-0.15, -0.1) is 10.2 Å². The lowest BCUT2D eigenvalue weighted by Gasteiger charge is -2.20. The molecule has 4 rings (SSSR count). The summed E-state index contributed by atoms with van der Waals surface area (Å²) in [4.78, 5) is 38.0. The quantitative estimate of drug-likeness (QED) is 0.548. The van der Waals surface area contributed by atoms with E-state index in [1.807, 2.05) is 0 Å².